The predicted octanol–water partition coefficient (Wildman–Crippen LogP) is 1.07. The van der Waals surface area contributed by atoms with Gasteiger partial charge >= 0.3 is 5.97 Å². The van der Waals surface area contributed by atoms with Crippen molar-refractivity contribution < 1.29 is 22.7 Å². The molecule has 1 amide bonds. The van der Waals surface area contributed by atoms with Crippen LogP contribution in [0.1, 0.15) is 35.2 Å². The van der Waals surface area contributed by atoms with Crippen LogP contribution < -0.4 is 5.32 Å². The average molecular weight is 354 g/mol. The number of carbonyl (C=O) groups is 2. The number of esters is 1. The topological polar surface area (TPSA) is 92.8 Å². The number of likely N-dealkylation sites (N-methyl/N-ethyl adjacent to an activating group) is 1. The lowest BCUT2D eigenvalue weighted by Crippen LogP contribution is -2.35. The van der Waals surface area contributed by atoms with Crippen molar-refractivity contribution in [2.24, 2.45) is 0 Å². The minimum atomic E-state index is -3.62. The Hall–Kier alpha value is -1.93. The summed E-state index contributed by atoms with van der Waals surface area (Å²) < 4.78 is 31.8. The number of nitrogens with zero attached hydrogens (tertiary/aromatic N) is 1. The summed E-state index contributed by atoms with van der Waals surface area (Å²) in [6.45, 7) is 2.27. The fourth-order valence-corrected chi connectivity index (χ4v) is 4.06. The summed E-state index contributed by atoms with van der Waals surface area (Å²) in [5, 5.41) is 2.35. The fourth-order valence-electron chi connectivity index (χ4n) is 2.52. The number of hydrogen-bond donors (Lipinski definition) is 1. The molecule has 0 aliphatic carbocycles. The molecule has 1 aromatic rings. The molecule has 1 fully saturated rings. The van der Waals surface area contributed by atoms with Crippen LogP contribution in [-0.2, 0) is 19.6 Å². The second kappa shape index (κ2) is 7.76. The summed E-state index contributed by atoms with van der Waals surface area (Å²) in [6.07, 6.45) is 2.70. The fraction of sp³-hybridized carbons (Fsp3) is 0.500. The summed E-state index contributed by atoms with van der Waals surface area (Å²) in [4.78, 5) is 23.4. The largest absolute Gasteiger partial charge is 0.452 e. The molecule has 0 atom stereocenters. The molecule has 1 aliphatic heterocycles. The first kappa shape index (κ1) is 18.4. The molecule has 2 rings (SSSR count). The van der Waals surface area contributed by atoms with E-state index in [9.17, 15) is 18.0 Å². The number of nitrogens with one attached hydrogen (secondary N) is 1. The van der Waals surface area contributed by atoms with Crippen LogP contribution in [0, 0.1) is 6.92 Å². The van der Waals surface area contributed by atoms with E-state index in [1.165, 1.54) is 23.5 Å². The zero-order valence-corrected chi connectivity index (χ0v) is 14.7. The second-order valence-electron chi connectivity index (χ2n) is 5.69. The summed E-state index contributed by atoms with van der Waals surface area (Å²) in [5.74, 6) is -1.15. The van der Waals surface area contributed by atoms with Crippen LogP contribution >= 0.6 is 0 Å². The maximum absolute atomic E-state index is 12.7. The highest BCUT2D eigenvalue weighted by Crippen LogP contribution is 2.23. The normalized spacial score (nSPS) is 15.8. The third kappa shape index (κ3) is 4.12. The first-order valence-corrected chi connectivity index (χ1v) is 9.29. The van der Waals surface area contributed by atoms with Crippen molar-refractivity contribution in [1.29, 1.82) is 0 Å². The quantitative estimate of drug-likeness (QED) is 0.799. The van der Waals surface area contributed by atoms with Crippen LogP contribution in [0.2, 0.25) is 0 Å². The molecule has 1 heterocycles. The first-order chi connectivity index (χ1) is 11.4. The minimum absolute atomic E-state index is 0.0712. The highest BCUT2D eigenvalue weighted by molar-refractivity contribution is 7.89. The van der Waals surface area contributed by atoms with Gasteiger partial charge in [-0.05, 0) is 37.5 Å². The van der Waals surface area contributed by atoms with Crippen molar-refractivity contribution in [2.75, 3.05) is 26.7 Å². The van der Waals surface area contributed by atoms with Crippen molar-refractivity contribution in [3.8, 4) is 0 Å². The van der Waals surface area contributed by atoms with E-state index in [-0.39, 0.29) is 10.5 Å². The molecule has 24 heavy (non-hydrogen) atoms. The number of amides is 1. The van der Waals surface area contributed by atoms with Gasteiger partial charge in [-0.1, -0.05) is 12.5 Å². The summed E-state index contributed by atoms with van der Waals surface area (Å²) in [6, 6.07) is 4.40. The number of hydrogen-bond acceptors (Lipinski definition) is 5. The molecular weight excluding hydrogens is 332 g/mol. The molecule has 1 aromatic carbocycles. The standard InChI is InChI=1S/C16H22N2O5S/c1-12-6-7-13(24(21,22)18-8-4-3-5-9-18)10-14(12)16(20)23-11-15(19)17-2/h6-7,10H,3-5,8-9,11H2,1-2H3,(H,17,19). The Morgan fingerprint density at radius 1 is 1.21 bits per heavy atom. The van der Waals surface area contributed by atoms with Crippen molar-refractivity contribution in [2.45, 2.75) is 31.1 Å². The van der Waals surface area contributed by atoms with Gasteiger partial charge in [-0.15, -0.1) is 0 Å². The predicted molar refractivity (Wildman–Crippen MR) is 88.1 cm³/mol. The van der Waals surface area contributed by atoms with E-state index in [4.69, 9.17) is 4.74 Å². The Labute approximate surface area is 142 Å². The van der Waals surface area contributed by atoms with E-state index in [1.54, 1.807) is 13.0 Å². The van der Waals surface area contributed by atoms with Gasteiger partial charge in [0.15, 0.2) is 6.61 Å². The number of rotatable bonds is 5. The molecule has 7 nitrogen and oxygen atoms in total. The average Bonchev–Trinajstić information content (AvgIpc) is 2.60. The maximum atomic E-state index is 12.7. The molecule has 0 unspecified atom stereocenters. The molecule has 1 saturated heterocycles. The third-order valence-corrected chi connectivity index (χ3v) is 5.89. The number of aryl methyl sites for hydroxylation is 1. The van der Waals surface area contributed by atoms with Crippen molar-refractivity contribution in [1.82, 2.24) is 9.62 Å². The molecule has 0 spiro atoms. The second-order valence-corrected chi connectivity index (χ2v) is 7.63. The summed E-state index contributed by atoms with van der Waals surface area (Å²) >= 11 is 0. The Morgan fingerprint density at radius 3 is 2.50 bits per heavy atom. The van der Waals surface area contributed by atoms with Crippen LogP contribution in [0.4, 0.5) is 0 Å². The van der Waals surface area contributed by atoms with Crippen LogP contribution in [0.25, 0.3) is 0 Å². The van der Waals surface area contributed by atoms with E-state index in [1.807, 2.05) is 0 Å². The van der Waals surface area contributed by atoms with Gasteiger partial charge < -0.3 is 10.1 Å². The first-order valence-electron chi connectivity index (χ1n) is 7.85. The molecule has 1 aliphatic rings. The zero-order chi connectivity index (χ0) is 17.7. The lowest BCUT2D eigenvalue weighted by molar-refractivity contribution is -0.123. The van der Waals surface area contributed by atoms with Crippen LogP contribution in [0.5, 0.6) is 0 Å². The number of ether oxygens (including phenoxy) is 1. The lowest BCUT2D eigenvalue weighted by Gasteiger charge is -2.26. The van der Waals surface area contributed by atoms with Gasteiger partial charge in [0.2, 0.25) is 10.0 Å². The molecule has 0 aromatic heterocycles. The zero-order valence-electron chi connectivity index (χ0n) is 13.9. The van der Waals surface area contributed by atoms with Crippen molar-refractivity contribution in [3.63, 3.8) is 0 Å². The van der Waals surface area contributed by atoms with Crippen molar-refractivity contribution >= 4 is 21.9 Å². The van der Waals surface area contributed by atoms with Gasteiger partial charge in [-0.2, -0.15) is 4.31 Å². The molecule has 132 valence electrons. The lowest BCUT2D eigenvalue weighted by atomic mass is 10.1. The van der Waals surface area contributed by atoms with Gasteiger partial charge in [-0.3, -0.25) is 4.79 Å². The maximum Gasteiger partial charge on any atom is 0.338 e. The Morgan fingerprint density at radius 2 is 1.88 bits per heavy atom. The number of piperidine rings is 1. The van der Waals surface area contributed by atoms with E-state index in [2.05, 4.69) is 5.32 Å². The third-order valence-electron chi connectivity index (χ3n) is 3.99. The van der Waals surface area contributed by atoms with Crippen molar-refractivity contribution in [3.05, 3.63) is 29.3 Å². The number of sulfonamides is 1. The van der Waals surface area contributed by atoms with Crippen LogP contribution in [-0.4, -0.2) is 51.3 Å². The Balaban J connectivity index is 2.24. The van der Waals surface area contributed by atoms with E-state index in [0.29, 0.717) is 18.7 Å². The Bertz CT molecular complexity index is 724. The van der Waals surface area contributed by atoms with Gasteiger partial charge in [0.1, 0.15) is 0 Å². The van der Waals surface area contributed by atoms with Gasteiger partial charge in [0, 0.05) is 20.1 Å². The minimum Gasteiger partial charge on any atom is -0.452 e. The summed E-state index contributed by atoms with van der Waals surface area (Å²) in [5.41, 5.74) is 0.742. The van der Waals surface area contributed by atoms with E-state index in [0.717, 1.165) is 19.3 Å². The molecule has 8 heteroatoms. The monoisotopic (exact) mass is 354 g/mol. The van der Waals surface area contributed by atoms with Gasteiger partial charge in [0.05, 0.1) is 10.5 Å². The van der Waals surface area contributed by atoms with Crippen LogP contribution in [0.3, 0.4) is 0 Å². The number of benzene rings is 1. The van der Waals surface area contributed by atoms with Crippen LogP contribution in [0.15, 0.2) is 23.1 Å². The molecule has 0 bridgehead atoms. The van der Waals surface area contributed by atoms with Gasteiger partial charge in [0.25, 0.3) is 5.91 Å². The van der Waals surface area contributed by atoms with E-state index >= 15 is 0 Å². The number of carbonyl (C=O) groups excluding carboxylic acids is 2. The Kier molecular flexibility index (Phi) is 5.95. The SMILES string of the molecule is CNC(=O)COC(=O)c1cc(S(=O)(=O)N2CCCCC2)ccc1C. The molecule has 0 radical (unpaired) electrons. The molecule has 0 saturated carbocycles. The van der Waals surface area contributed by atoms with Gasteiger partial charge in [-0.25, -0.2) is 13.2 Å². The summed E-state index contributed by atoms with van der Waals surface area (Å²) in [7, 11) is -2.19. The smallest absolute Gasteiger partial charge is 0.338 e. The highest BCUT2D eigenvalue weighted by atomic mass is 32.2. The molecule has 1 N–H and O–H groups in total. The molecular formula is C16H22N2O5S. The highest BCUT2D eigenvalue weighted by Gasteiger charge is 2.27. The van der Waals surface area contributed by atoms with E-state index < -0.39 is 28.5 Å².